The van der Waals surface area contributed by atoms with E-state index in [9.17, 15) is 14.0 Å². The smallest absolute Gasteiger partial charge is 0.409 e. The van der Waals surface area contributed by atoms with Crippen LogP contribution in [0.4, 0.5) is 9.18 Å². The number of hydrogen-bond acceptors (Lipinski definition) is 7. The third-order valence-corrected chi connectivity index (χ3v) is 7.40. The molecule has 4 aliphatic rings. The molecule has 2 saturated heterocycles. The fourth-order valence-electron chi connectivity index (χ4n) is 4.15. The summed E-state index contributed by atoms with van der Waals surface area (Å²) in [5, 5.41) is 0.461. The molecule has 0 spiro atoms. The van der Waals surface area contributed by atoms with Gasteiger partial charge in [-0.05, 0) is 31.6 Å². The third kappa shape index (κ3) is 5.58. The molecule has 1 aliphatic carbocycles. The number of methoxy groups -OCH3 is 1. The Morgan fingerprint density at radius 3 is 2.69 bits per heavy atom. The summed E-state index contributed by atoms with van der Waals surface area (Å²) in [6.07, 6.45) is 6.10. The highest BCUT2D eigenvalue weighted by Gasteiger charge is 2.35. The molecule has 0 aromatic heterocycles. The van der Waals surface area contributed by atoms with E-state index in [2.05, 4.69) is 9.98 Å². The normalized spacial score (nSPS) is 24.8. The Labute approximate surface area is 191 Å². The predicted octanol–water partition coefficient (Wildman–Crippen LogP) is 3.14. The summed E-state index contributed by atoms with van der Waals surface area (Å²) >= 11 is 1.71. The Hall–Kier alpha value is -2.20. The van der Waals surface area contributed by atoms with E-state index in [0.29, 0.717) is 48.0 Å². The number of piperidine rings is 1. The summed E-state index contributed by atoms with van der Waals surface area (Å²) in [5.41, 5.74) is 0.350. The van der Waals surface area contributed by atoms with E-state index < -0.39 is 17.7 Å². The van der Waals surface area contributed by atoms with Crippen LogP contribution >= 0.6 is 11.8 Å². The summed E-state index contributed by atoms with van der Waals surface area (Å²) in [5.74, 6) is -0.613. The lowest BCUT2D eigenvalue weighted by Gasteiger charge is -2.31. The van der Waals surface area contributed by atoms with Gasteiger partial charge in [0.2, 0.25) is 0 Å². The monoisotopic (exact) mass is 465 g/mol. The number of halogens is 1. The van der Waals surface area contributed by atoms with Crippen molar-refractivity contribution in [3.05, 3.63) is 23.7 Å². The second-order valence-electron chi connectivity index (χ2n) is 8.25. The van der Waals surface area contributed by atoms with E-state index in [0.717, 1.165) is 38.9 Å². The Kier molecular flexibility index (Phi) is 7.62. The molecular weight excluding hydrogens is 437 g/mol. The molecule has 32 heavy (non-hydrogen) atoms. The highest BCUT2D eigenvalue weighted by molar-refractivity contribution is 8.00. The second-order valence-corrected chi connectivity index (χ2v) is 9.53. The van der Waals surface area contributed by atoms with Gasteiger partial charge in [-0.25, -0.2) is 14.2 Å². The highest BCUT2D eigenvalue weighted by atomic mass is 32.2. The summed E-state index contributed by atoms with van der Waals surface area (Å²) in [4.78, 5) is 34.2. The van der Waals surface area contributed by atoms with Gasteiger partial charge in [-0.1, -0.05) is 0 Å². The topological polar surface area (TPSA) is 89.8 Å². The van der Waals surface area contributed by atoms with Gasteiger partial charge in [0, 0.05) is 43.7 Å². The Bertz CT molecular complexity index is 858. The van der Waals surface area contributed by atoms with Gasteiger partial charge in [-0.15, -0.1) is 0 Å². The maximum absolute atomic E-state index is 14.7. The average molecular weight is 466 g/mol. The quantitative estimate of drug-likeness (QED) is 0.599. The van der Waals surface area contributed by atoms with Gasteiger partial charge in [-0.3, -0.25) is 4.79 Å². The fourth-order valence-corrected chi connectivity index (χ4v) is 5.19. The zero-order chi connectivity index (χ0) is 22.5. The Morgan fingerprint density at radius 1 is 1.22 bits per heavy atom. The summed E-state index contributed by atoms with van der Waals surface area (Å²) < 4.78 is 30.6. The van der Waals surface area contributed by atoms with Gasteiger partial charge in [0.05, 0.1) is 25.2 Å². The minimum Gasteiger partial charge on any atom is -0.493 e. The van der Waals surface area contributed by atoms with E-state index in [1.807, 2.05) is 0 Å². The molecule has 10 heteroatoms. The van der Waals surface area contributed by atoms with E-state index in [-0.39, 0.29) is 12.0 Å². The molecule has 2 fully saturated rings. The number of carbonyl (C=O) groups excluding carboxylic acids is 2. The van der Waals surface area contributed by atoms with Gasteiger partial charge < -0.3 is 19.1 Å². The first-order valence-corrected chi connectivity index (χ1v) is 12.0. The van der Waals surface area contributed by atoms with Crippen molar-refractivity contribution in [2.45, 2.75) is 30.9 Å². The number of amidine groups is 1. The molecule has 3 heterocycles. The number of nitrogens with zero attached hydrogens (tertiary/aromatic N) is 3. The number of aliphatic imine (C=N–C) groups is 2. The Balaban J connectivity index is 1.33. The van der Waals surface area contributed by atoms with Gasteiger partial charge in [0.1, 0.15) is 23.3 Å². The number of amides is 2. The van der Waals surface area contributed by atoms with Crippen LogP contribution in [0.1, 0.15) is 25.7 Å². The molecule has 0 aromatic rings. The maximum Gasteiger partial charge on any atom is 0.409 e. The molecule has 174 valence electrons. The standard InChI is InChI=1S/C22H28FN3O5S/c1-29-22(28)26-6-2-14(3-7-26)12-31-15-10-17(23)20-18(11-15)24-19(25-21(20)27)13-32-16-4-8-30-9-5-16/h10-11,14,16,20H,2-9,12-13H2,1H3. The number of ether oxygens (including phenoxy) is 3. The highest BCUT2D eigenvalue weighted by Crippen LogP contribution is 2.30. The van der Waals surface area contributed by atoms with Crippen LogP contribution in [0.25, 0.3) is 0 Å². The molecule has 1 unspecified atom stereocenters. The van der Waals surface area contributed by atoms with Crippen molar-refractivity contribution >= 4 is 35.3 Å². The zero-order valence-corrected chi connectivity index (χ0v) is 18.9. The number of likely N-dealkylation sites (tertiary alicyclic amines) is 1. The first kappa shape index (κ1) is 23.0. The number of carbonyl (C=O) groups is 2. The largest absolute Gasteiger partial charge is 0.493 e. The lowest BCUT2D eigenvalue weighted by molar-refractivity contribution is -0.119. The second kappa shape index (κ2) is 10.6. The van der Waals surface area contributed by atoms with Crippen LogP contribution in [0, 0.1) is 11.8 Å². The zero-order valence-electron chi connectivity index (χ0n) is 18.1. The third-order valence-electron chi connectivity index (χ3n) is 6.04. The van der Waals surface area contributed by atoms with Crippen LogP contribution in [0.2, 0.25) is 0 Å². The van der Waals surface area contributed by atoms with Crippen LogP contribution in [0.5, 0.6) is 0 Å². The van der Waals surface area contributed by atoms with Crippen LogP contribution in [0.3, 0.4) is 0 Å². The molecule has 0 aromatic carbocycles. The van der Waals surface area contributed by atoms with Crippen LogP contribution < -0.4 is 0 Å². The van der Waals surface area contributed by atoms with Crippen LogP contribution in [-0.4, -0.2) is 79.5 Å². The summed E-state index contributed by atoms with van der Waals surface area (Å²) in [6.45, 7) is 3.13. The summed E-state index contributed by atoms with van der Waals surface area (Å²) in [7, 11) is 1.37. The van der Waals surface area contributed by atoms with E-state index >= 15 is 0 Å². The van der Waals surface area contributed by atoms with Crippen molar-refractivity contribution in [1.29, 1.82) is 0 Å². The molecule has 0 bridgehead atoms. The number of thioether (sulfide) groups is 1. The molecule has 8 nitrogen and oxygen atoms in total. The molecular formula is C22H28FN3O5S. The fraction of sp³-hybridized carbons (Fsp3) is 0.636. The van der Waals surface area contributed by atoms with Crippen molar-refractivity contribution in [1.82, 2.24) is 4.90 Å². The van der Waals surface area contributed by atoms with Crippen molar-refractivity contribution < 1.29 is 28.2 Å². The van der Waals surface area contributed by atoms with E-state index in [1.54, 1.807) is 22.7 Å². The number of rotatable bonds is 6. The van der Waals surface area contributed by atoms with Gasteiger partial charge in [0.15, 0.2) is 0 Å². The molecule has 3 aliphatic heterocycles. The van der Waals surface area contributed by atoms with Gasteiger partial charge in [-0.2, -0.15) is 16.8 Å². The lowest BCUT2D eigenvalue weighted by atomic mass is 9.94. The molecule has 0 radical (unpaired) electrons. The van der Waals surface area contributed by atoms with Gasteiger partial charge in [0.25, 0.3) is 5.91 Å². The number of fused-ring (bicyclic) bond motifs is 1. The van der Waals surface area contributed by atoms with E-state index in [1.165, 1.54) is 13.2 Å². The first-order valence-electron chi connectivity index (χ1n) is 11.0. The average Bonchev–Trinajstić information content (AvgIpc) is 2.81. The molecule has 0 saturated carbocycles. The first-order chi connectivity index (χ1) is 15.5. The van der Waals surface area contributed by atoms with Crippen LogP contribution in [0.15, 0.2) is 33.7 Å². The molecule has 2 amide bonds. The van der Waals surface area contributed by atoms with Crippen molar-refractivity contribution in [3.8, 4) is 0 Å². The number of allylic oxidation sites excluding steroid dienone is 2. The molecule has 0 N–H and O–H groups in total. The minimum absolute atomic E-state index is 0.258. The maximum atomic E-state index is 14.7. The number of hydrogen-bond donors (Lipinski definition) is 0. The molecule has 1 atom stereocenters. The van der Waals surface area contributed by atoms with Crippen LogP contribution in [-0.2, 0) is 19.0 Å². The van der Waals surface area contributed by atoms with Gasteiger partial charge >= 0.3 is 6.09 Å². The van der Waals surface area contributed by atoms with Crippen molar-refractivity contribution in [2.75, 3.05) is 45.8 Å². The molecule has 4 rings (SSSR count). The van der Waals surface area contributed by atoms with E-state index in [4.69, 9.17) is 14.2 Å². The lowest BCUT2D eigenvalue weighted by Crippen LogP contribution is -2.39. The summed E-state index contributed by atoms with van der Waals surface area (Å²) in [6, 6.07) is 0. The predicted molar refractivity (Wildman–Crippen MR) is 120 cm³/mol. The minimum atomic E-state index is -1.07. The SMILES string of the molecule is COC(=O)N1CCC(COC2=CC3=NC(CSC4CCOCC4)=NC(=O)C3C(F)=C2)CC1. The van der Waals surface area contributed by atoms with Crippen molar-refractivity contribution in [3.63, 3.8) is 0 Å². The Morgan fingerprint density at radius 2 is 1.97 bits per heavy atom. The van der Waals surface area contributed by atoms with Crippen molar-refractivity contribution in [2.24, 2.45) is 21.8 Å².